The van der Waals surface area contributed by atoms with Gasteiger partial charge in [-0.3, -0.25) is 9.69 Å². The minimum atomic E-state index is -1.06. The molecule has 1 aliphatic heterocycles. The number of hydrogen-bond acceptors (Lipinski definition) is 5. The van der Waals surface area contributed by atoms with E-state index in [1.807, 2.05) is 0 Å². The smallest absolute Gasteiger partial charge is 0.349 e. The van der Waals surface area contributed by atoms with Gasteiger partial charge in [-0.15, -0.1) is 11.3 Å². The number of imide groups is 1. The van der Waals surface area contributed by atoms with Crippen LogP contribution in [-0.4, -0.2) is 42.0 Å². The summed E-state index contributed by atoms with van der Waals surface area (Å²) in [5, 5.41) is 2.52. The first-order chi connectivity index (χ1) is 12.0. The lowest BCUT2D eigenvalue weighted by atomic mass is 10.2. The van der Waals surface area contributed by atoms with E-state index >= 15 is 0 Å². The van der Waals surface area contributed by atoms with Gasteiger partial charge in [0.2, 0.25) is 0 Å². The highest BCUT2D eigenvalue weighted by atomic mass is 32.1. The maximum absolute atomic E-state index is 13.0. The lowest BCUT2D eigenvalue weighted by Gasteiger charge is -2.17. The van der Waals surface area contributed by atoms with Gasteiger partial charge in [0, 0.05) is 18.0 Å². The van der Waals surface area contributed by atoms with Gasteiger partial charge in [-0.2, -0.15) is 0 Å². The number of hydrogen-bond donors (Lipinski definition) is 1. The topological polar surface area (TPSA) is 75.7 Å². The Morgan fingerprint density at radius 2 is 1.96 bits per heavy atom. The lowest BCUT2D eigenvalue weighted by molar-refractivity contribution is -0.135. The van der Waals surface area contributed by atoms with Crippen molar-refractivity contribution < 1.29 is 23.5 Å². The van der Waals surface area contributed by atoms with Crippen molar-refractivity contribution in [2.45, 2.75) is 13.0 Å². The van der Waals surface area contributed by atoms with Crippen molar-refractivity contribution in [3.8, 4) is 10.4 Å². The number of carbonyl (C=O) groups excluding carboxylic acids is 3. The fourth-order valence-electron chi connectivity index (χ4n) is 2.39. The van der Waals surface area contributed by atoms with Crippen molar-refractivity contribution in [2.75, 3.05) is 13.1 Å². The van der Waals surface area contributed by atoms with Gasteiger partial charge >= 0.3 is 12.0 Å². The highest BCUT2D eigenvalue weighted by molar-refractivity contribution is 7.17. The van der Waals surface area contributed by atoms with E-state index in [9.17, 15) is 18.8 Å². The first kappa shape index (κ1) is 17.1. The number of rotatable bonds is 4. The predicted octanol–water partition coefficient (Wildman–Crippen LogP) is 2.65. The van der Waals surface area contributed by atoms with Gasteiger partial charge in [0.15, 0.2) is 6.10 Å². The van der Waals surface area contributed by atoms with E-state index < -0.39 is 24.0 Å². The number of amides is 3. The molecule has 1 saturated heterocycles. The van der Waals surface area contributed by atoms with Gasteiger partial charge in [0.05, 0.1) is 0 Å². The summed E-state index contributed by atoms with van der Waals surface area (Å²) in [6.45, 7) is 2.07. The molecule has 1 aromatic carbocycles. The van der Waals surface area contributed by atoms with E-state index in [-0.39, 0.29) is 12.4 Å². The van der Waals surface area contributed by atoms with Crippen molar-refractivity contribution in [3.05, 3.63) is 47.1 Å². The summed E-state index contributed by atoms with van der Waals surface area (Å²) in [4.78, 5) is 38.0. The van der Waals surface area contributed by atoms with Crippen LogP contribution in [0.1, 0.15) is 16.6 Å². The first-order valence-electron chi connectivity index (χ1n) is 7.61. The van der Waals surface area contributed by atoms with Crippen molar-refractivity contribution in [1.82, 2.24) is 10.2 Å². The molecule has 1 unspecified atom stereocenters. The van der Waals surface area contributed by atoms with Crippen LogP contribution < -0.4 is 5.32 Å². The summed E-state index contributed by atoms with van der Waals surface area (Å²) in [7, 11) is 0. The highest BCUT2D eigenvalue weighted by Crippen LogP contribution is 2.28. The molecule has 8 heteroatoms. The van der Waals surface area contributed by atoms with Crippen LogP contribution in [-0.2, 0) is 9.53 Å². The van der Waals surface area contributed by atoms with Crippen LogP contribution >= 0.6 is 11.3 Å². The Balaban J connectivity index is 1.66. The number of ether oxygens (including phenoxy) is 1. The molecule has 3 rings (SSSR count). The lowest BCUT2D eigenvalue weighted by Crippen LogP contribution is -2.41. The Morgan fingerprint density at radius 3 is 2.60 bits per heavy atom. The van der Waals surface area contributed by atoms with Crippen LogP contribution in [0.4, 0.5) is 9.18 Å². The van der Waals surface area contributed by atoms with E-state index in [1.54, 1.807) is 24.3 Å². The molecule has 1 fully saturated rings. The summed E-state index contributed by atoms with van der Waals surface area (Å²) in [6, 6.07) is 8.76. The van der Waals surface area contributed by atoms with Gasteiger partial charge in [-0.25, -0.2) is 14.0 Å². The Bertz CT molecular complexity index is 818. The fourth-order valence-corrected chi connectivity index (χ4v) is 3.28. The Morgan fingerprint density at radius 1 is 1.24 bits per heavy atom. The number of esters is 1. The molecule has 130 valence electrons. The normalized spacial score (nSPS) is 15.0. The Labute approximate surface area is 147 Å². The molecular weight excluding hydrogens is 347 g/mol. The Hall–Kier alpha value is -2.74. The van der Waals surface area contributed by atoms with E-state index in [0.29, 0.717) is 11.4 Å². The van der Waals surface area contributed by atoms with Crippen molar-refractivity contribution >= 4 is 29.2 Å². The monoisotopic (exact) mass is 362 g/mol. The molecule has 1 atom stereocenters. The predicted molar refractivity (Wildman–Crippen MR) is 89.7 cm³/mol. The summed E-state index contributed by atoms with van der Waals surface area (Å²) < 4.78 is 18.1. The van der Waals surface area contributed by atoms with Gasteiger partial charge in [0.25, 0.3) is 5.91 Å². The number of benzene rings is 1. The molecule has 0 bridgehead atoms. The second-order valence-electron chi connectivity index (χ2n) is 5.44. The average molecular weight is 362 g/mol. The molecule has 1 aromatic heterocycles. The van der Waals surface area contributed by atoms with E-state index in [4.69, 9.17) is 4.74 Å². The van der Waals surface area contributed by atoms with Crippen molar-refractivity contribution in [1.29, 1.82) is 0 Å². The molecule has 6 nitrogen and oxygen atoms in total. The number of nitrogens with zero attached hydrogens (tertiary/aromatic N) is 1. The fraction of sp³-hybridized carbons (Fsp3) is 0.235. The second kappa shape index (κ2) is 7.02. The quantitative estimate of drug-likeness (QED) is 0.849. The molecule has 25 heavy (non-hydrogen) atoms. The summed E-state index contributed by atoms with van der Waals surface area (Å²) in [5.74, 6) is -1.53. The third kappa shape index (κ3) is 3.69. The SMILES string of the molecule is CC(OC(=O)c1ccc(-c2ccc(F)cc2)s1)C(=O)N1CCNC1=O. The maximum atomic E-state index is 13.0. The summed E-state index contributed by atoms with van der Waals surface area (Å²) in [5.41, 5.74) is 0.781. The molecule has 3 amide bonds. The molecule has 0 spiro atoms. The number of halogens is 1. The zero-order valence-electron chi connectivity index (χ0n) is 13.3. The molecule has 1 N–H and O–H groups in total. The zero-order valence-corrected chi connectivity index (χ0v) is 14.1. The second-order valence-corrected chi connectivity index (χ2v) is 6.52. The summed E-state index contributed by atoms with van der Waals surface area (Å²) in [6.07, 6.45) is -1.06. The third-order valence-electron chi connectivity index (χ3n) is 3.69. The van der Waals surface area contributed by atoms with Gasteiger partial charge in [-0.1, -0.05) is 12.1 Å². The largest absolute Gasteiger partial charge is 0.448 e. The van der Waals surface area contributed by atoms with Crippen LogP contribution in [0.5, 0.6) is 0 Å². The number of nitrogens with one attached hydrogen (secondary N) is 1. The molecular formula is C17H15FN2O4S. The maximum Gasteiger partial charge on any atom is 0.349 e. The first-order valence-corrected chi connectivity index (χ1v) is 8.43. The average Bonchev–Trinajstić information content (AvgIpc) is 3.24. The van der Waals surface area contributed by atoms with Crippen LogP contribution in [0, 0.1) is 5.82 Å². The van der Waals surface area contributed by atoms with E-state index in [2.05, 4.69) is 5.32 Å². The van der Waals surface area contributed by atoms with E-state index in [1.165, 1.54) is 30.4 Å². The van der Waals surface area contributed by atoms with Crippen molar-refractivity contribution in [2.24, 2.45) is 0 Å². The molecule has 2 heterocycles. The third-order valence-corrected chi connectivity index (χ3v) is 4.80. The number of urea groups is 1. The molecule has 0 radical (unpaired) electrons. The van der Waals surface area contributed by atoms with Crippen molar-refractivity contribution in [3.63, 3.8) is 0 Å². The van der Waals surface area contributed by atoms with E-state index in [0.717, 1.165) is 15.3 Å². The Kier molecular flexibility index (Phi) is 4.80. The molecule has 2 aromatic rings. The minimum absolute atomic E-state index is 0.257. The standard InChI is InChI=1S/C17H15FN2O4S/c1-10(15(21)20-9-8-19-17(20)23)24-16(22)14-7-6-13(25-14)11-2-4-12(18)5-3-11/h2-7,10H,8-9H2,1H3,(H,19,23). The van der Waals surface area contributed by atoms with Crippen LogP contribution in [0.2, 0.25) is 0 Å². The highest BCUT2D eigenvalue weighted by Gasteiger charge is 2.32. The molecule has 1 aliphatic rings. The number of carbonyl (C=O) groups is 3. The molecule has 0 saturated carbocycles. The molecule has 0 aliphatic carbocycles. The van der Waals surface area contributed by atoms with Crippen LogP contribution in [0.3, 0.4) is 0 Å². The summed E-state index contributed by atoms with van der Waals surface area (Å²) >= 11 is 1.19. The van der Waals surface area contributed by atoms with Gasteiger partial charge < -0.3 is 10.1 Å². The van der Waals surface area contributed by atoms with Crippen LogP contribution in [0.15, 0.2) is 36.4 Å². The number of thiophene rings is 1. The van der Waals surface area contributed by atoms with Gasteiger partial charge in [0.1, 0.15) is 10.7 Å². The van der Waals surface area contributed by atoms with Gasteiger partial charge in [-0.05, 0) is 36.8 Å². The minimum Gasteiger partial charge on any atom is -0.448 e. The zero-order chi connectivity index (χ0) is 18.0. The van der Waals surface area contributed by atoms with Crippen LogP contribution in [0.25, 0.3) is 10.4 Å².